The first-order valence-electron chi connectivity index (χ1n) is 6.61. The zero-order chi connectivity index (χ0) is 14.7. The molecule has 0 aromatic heterocycles. The molecular formula is C14H25N3O2. The summed E-state index contributed by atoms with van der Waals surface area (Å²) in [6.45, 7) is 15.0. The van der Waals surface area contributed by atoms with Gasteiger partial charge in [-0.3, -0.25) is 9.59 Å². The van der Waals surface area contributed by atoms with Gasteiger partial charge in [0.2, 0.25) is 0 Å². The molecule has 1 N–H and O–H groups in total. The fraction of sp³-hybridized carbons (Fsp3) is 0.571. The minimum atomic E-state index is -0.573. The van der Waals surface area contributed by atoms with E-state index in [4.69, 9.17) is 0 Å². The van der Waals surface area contributed by atoms with Crippen molar-refractivity contribution in [3.8, 4) is 0 Å². The van der Waals surface area contributed by atoms with E-state index in [1.54, 1.807) is 12.2 Å². The first-order chi connectivity index (χ1) is 9.10. The summed E-state index contributed by atoms with van der Waals surface area (Å²) in [5.74, 6) is -1.12. The van der Waals surface area contributed by atoms with Gasteiger partial charge in [0.05, 0.1) is 0 Å². The van der Waals surface area contributed by atoms with Gasteiger partial charge in [0.15, 0.2) is 0 Å². The fourth-order valence-electron chi connectivity index (χ4n) is 1.64. The molecule has 19 heavy (non-hydrogen) atoms. The predicted molar refractivity (Wildman–Crippen MR) is 77.8 cm³/mol. The Morgan fingerprint density at radius 2 is 1.63 bits per heavy atom. The number of rotatable bonds is 9. The molecule has 0 rings (SSSR count). The van der Waals surface area contributed by atoms with Crippen molar-refractivity contribution in [2.75, 3.05) is 39.3 Å². The number of amides is 2. The topological polar surface area (TPSA) is 52.7 Å². The van der Waals surface area contributed by atoms with E-state index in [-0.39, 0.29) is 0 Å². The van der Waals surface area contributed by atoms with E-state index >= 15 is 0 Å². The number of hydrogen-bond acceptors (Lipinski definition) is 3. The van der Waals surface area contributed by atoms with Gasteiger partial charge in [0, 0.05) is 26.2 Å². The van der Waals surface area contributed by atoms with Crippen molar-refractivity contribution in [1.29, 1.82) is 0 Å². The van der Waals surface area contributed by atoms with E-state index in [0.717, 1.165) is 19.6 Å². The molecule has 0 spiro atoms. The van der Waals surface area contributed by atoms with Crippen molar-refractivity contribution in [2.24, 2.45) is 0 Å². The van der Waals surface area contributed by atoms with Gasteiger partial charge >= 0.3 is 11.8 Å². The van der Waals surface area contributed by atoms with E-state index in [0.29, 0.717) is 19.6 Å². The van der Waals surface area contributed by atoms with Crippen molar-refractivity contribution in [3.05, 3.63) is 25.3 Å². The predicted octanol–water partition coefficient (Wildman–Crippen LogP) is 0.645. The minimum Gasteiger partial charge on any atom is -0.347 e. The largest absolute Gasteiger partial charge is 0.347 e. The van der Waals surface area contributed by atoms with Crippen LogP contribution in [0.15, 0.2) is 25.3 Å². The van der Waals surface area contributed by atoms with Crippen molar-refractivity contribution in [3.63, 3.8) is 0 Å². The van der Waals surface area contributed by atoms with Crippen molar-refractivity contribution in [2.45, 2.75) is 13.8 Å². The first-order valence-corrected chi connectivity index (χ1v) is 6.61. The van der Waals surface area contributed by atoms with Crippen LogP contribution >= 0.6 is 0 Å². The Kier molecular flexibility index (Phi) is 9.44. The number of hydrogen-bond donors (Lipinski definition) is 1. The Balaban J connectivity index is 4.20. The van der Waals surface area contributed by atoms with E-state index in [2.05, 4.69) is 37.2 Å². The molecule has 0 aliphatic rings. The molecule has 0 saturated heterocycles. The number of carbonyl (C=O) groups excluding carboxylic acids is 2. The summed E-state index contributed by atoms with van der Waals surface area (Å²) >= 11 is 0. The van der Waals surface area contributed by atoms with Gasteiger partial charge in [-0.1, -0.05) is 26.0 Å². The van der Waals surface area contributed by atoms with E-state index < -0.39 is 11.8 Å². The van der Waals surface area contributed by atoms with Crippen molar-refractivity contribution >= 4 is 11.8 Å². The second-order valence-corrected chi connectivity index (χ2v) is 4.07. The normalized spacial score (nSPS) is 10.1. The molecule has 108 valence electrons. The molecule has 0 aromatic rings. The second kappa shape index (κ2) is 10.3. The van der Waals surface area contributed by atoms with Crippen molar-refractivity contribution < 1.29 is 9.59 Å². The van der Waals surface area contributed by atoms with Crippen molar-refractivity contribution in [1.82, 2.24) is 15.1 Å². The molecule has 0 saturated carbocycles. The molecule has 0 unspecified atom stereocenters. The number of nitrogens with zero attached hydrogens (tertiary/aromatic N) is 2. The number of carbonyl (C=O) groups is 2. The smallest absolute Gasteiger partial charge is 0.312 e. The van der Waals surface area contributed by atoms with Gasteiger partial charge in [-0.05, 0) is 13.1 Å². The Morgan fingerprint density at radius 1 is 1.11 bits per heavy atom. The molecule has 0 atom stereocenters. The third-order valence-electron chi connectivity index (χ3n) is 2.79. The summed E-state index contributed by atoms with van der Waals surface area (Å²) in [5, 5.41) is 2.64. The van der Waals surface area contributed by atoms with Gasteiger partial charge in [-0.15, -0.1) is 13.2 Å². The average molecular weight is 267 g/mol. The fourth-order valence-corrected chi connectivity index (χ4v) is 1.64. The SMILES string of the molecule is C=CCN(CC=C)C(=O)C(=O)NCCN(CC)CC. The highest BCUT2D eigenvalue weighted by Gasteiger charge is 2.19. The molecule has 0 aliphatic carbocycles. The summed E-state index contributed by atoms with van der Waals surface area (Å²) < 4.78 is 0. The Labute approximate surface area is 115 Å². The molecule has 5 nitrogen and oxygen atoms in total. The zero-order valence-electron chi connectivity index (χ0n) is 12.0. The Morgan fingerprint density at radius 3 is 2.05 bits per heavy atom. The van der Waals surface area contributed by atoms with Gasteiger partial charge in [-0.2, -0.15) is 0 Å². The lowest BCUT2D eigenvalue weighted by Gasteiger charge is -2.20. The molecule has 0 fully saturated rings. The van der Waals surface area contributed by atoms with E-state index in [9.17, 15) is 9.59 Å². The van der Waals surface area contributed by atoms with Gasteiger partial charge in [-0.25, -0.2) is 0 Å². The Bertz CT molecular complexity index is 302. The van der Waals surface area contributed by atoms with Crippen LogP contribution in [0, 0.1) is 0 Å². The van der Waals surface area contributed by atoms with E-state index in [1.807, 2.05) is 0 Å². The standard InChI is InChI=1S/C14H25N3O2/c1-5-10-17(11-6-2)14(19)13(18)15-9-12-16(7-3)8-4/h5-6H,1-2,7-12H2,3-4H3,(H,15,18). The van der Waals surface area contributed by atoms with Gasteiger partial charge in [0.1, 0.15) is 0 Å². The van der Waals surface area contributed by atoms with Crippen LogP contribution in [0.3, 0.4) is 0 Å². The summed E-state index contributed by atoms with van der Waals surface area (Å²) in [4.78, 5) is 27.1. The molecule has 0 radical (unpaired) electrons. The van der Waals surface area contributed by atoms with Crippen LogP contribution in [0.25, 0.3) is 0 Å². The second-order valence-electron chi connectivity index (χ2n) is 4.07. The highest BCUT2D eigenvalue weighted by Crippen LogP contribution is 1.92. The molecule has 0 aliphatic heterocycles. The summed E-state index contributed by atoms with van der Waals surface area (Å²) in [6.07, 6.45) is 3.18. The minimum absolute atomic E-state index is 0.342. The lowest BCUT2D eigenvalue weighted by molar-refractivity contribution is -0.145. The van der Waals surface area contributed by atoms with E-state index in [1.165, 1.54) is 4.90 Å². The molecule has 5 heteroatoms. The molecule has 0 aromatic carbocycles. The average Bonchev–Trinajstić information content (AvgIpc) is 2.42. The third kappa shape index (κ3) is 6.76. The Hall–Kier alpha value is -1.62. The molecule has 0 bridgehead atoms. The van der Waals surface area contributed by atoms with Gasteiger partial charge in [0.25, 0.3) is 0 Å². The summed E-state index contributed by atoms with van der Waals surface area (Å²) in [6, 6.07) is 0. The van der Waals surface area contributed by atoms with Crippen LogP contribution < -0.4 is 5.32 Å². The highest BCUT2D eigenvalue weighted by atomic mass is 16.2. The summed E-state index contributed by atoms with van der Waals surface area (Å²) in [5.41, 5.74) is 0. The van der Waals surface area contributed by atoms with Gasteiger partial charge < -0.3 is 15.1 Å². The van der Waals surface area contributed by atoms with Crippen LogP contribution in [0.5, 0.6) is 0 Å². The van der Waals surface area contributed by atoms with Crippen LogP contribution in [0.4, 0.5) is 0 Å². The monoisotopic (exact) mass is 267 g/mol. The number of nitrogens with one attached hydrogen (secondary N) is 1. The maximum Gasteiger partial charge on any atom is 0.312 e. The molecular weight excluding hydrogens is 242 g/mol. The van der Waals surface area contributed by atoms with Crippen LogP contribution in [0.2, 0.25) is 0 Å². The quantitative estimate of drug-likeness (QED) is 0.493. The lowest BCUT2D eigenvalue weighted by Crippen LogP contribution is -2.45. The first kappa shape index (κ1) is 17.4. The third-order valence-corrected chi connectivity index (χ3v) is 2.79. The molecule has 2 amide bonds. The zero-order valence-corrected chi connectivity index (χ0v) is 12.0. The van der Waals surface area contributed by atoms with Crippen LogP contribution in [-0.2, 0) is 9.59 Å². The highest BCUT2D eigenvalue weighted by molar-refractivity contribution is 6.35. The van der Waals surface area contributed by atoms with Crippen LogP contribution in [0.1, 0.15) is 13.8 Å². The maximum absolute atomic E-state index is 11.8. The van der Waals surface area contributed by atoms with Crippen LogP contribution in [-0.4, -0.2) is 60.9 Å². The molecule has 0 heterocycles. The maximum atomic E-state index is 11.8. The number of likely N-dealkylation sites (N-methyl/N-ethyl adjacent to an activating group) is 1. The lowest BCUT2D eigenvalue weighted by atomic mass is 10.4. The summed E-state index contributed by atoms with van der Waals surface area (Å²) in [7, 11) is 0.